The van der Waals surface area contributed by atoms with Crippen molar-refractivity contribution in [2.45, 2.75) is 32.6 Å². The molecule has 2 atom stereocenters. The third-order valence-corrected chi connectivity index (χ3v) is 4.33. The second kappa shape index (κ2) is 5.81. The summed E-state index contributed by atoms with van der Waals surface area (Å²) in [7, 11) is 0. The van der Waals surface area contributed by atoms with E-state index in [1.165, 1.54) is 0 Å². The number of fused-ring (bicyclic) bond motifs is 3. The van der Waals surface area contributed by atoms with E-state index in [2.05, 4.69) is 13.0 Å². The van der Waals surface area contributed by atoms with Crippen LogP contribution in [0.3, 0.4) is 0 Å². The van der Waals surface area contributed by atoms with Crippen molar-refractivity contribution >= 4 is 11.0 Å². The van der Waals surface area contributed by atoms with Crippen molar-refractivity contribution in [1.29, 1.82) is 5.26 Å². The number of rotatable bonds is 3. The van der Waals surface area contributed by atoms with Crippen LogP contribution in [0.15, 0.2) is 44.9 Å². The third kappa shape index (κ3) is 2.36. The van der Waals surface area contributed by atoms with Gasteiger partial charge in [-0.1, -0.05) is 38.8 Å². The number of hydrogen-bond donors (Lipinski definition) is 1. The quantitative estimate of drug-likeness (QED) is 0.878. The van der Waals surface area contributed by atoms with E-state index in [1.807, 2.05) is 19.1 Å². The highest BCUT2D eigenvalue weighted by molar-refractivity contribution is 5.85. The number of ether oxygens (including phenoxy) is 1. The molecule has 1 aromatic heterocycles. The van der Waals surface area contributed by atoms with Crippen LogP contribution in [0.5, 0.6) is 5.75 Å². The van der Waals surface area contributed by atoms with Crippen LogP contribution in [-0.2, 0) is 0 Å². The first kappa shape index (κ1) is 15.2. The minimum atomic E-state index is -0.466. The number of benzene rings is 1. The van der Waals surface area contributed by atoms with Crippen LogP contribution in [0.4, 0.5) is 0 Å². The van der Waals surface area contributed by atoms with Crippen LogP contribution in [-0.4, -0.2) is 0 Å². The summed E-state index contributed by atoms with van der Waals surface area (Å²) in [6.45, 7) is 4.08. The van der Waals surface area contributed by atoms with Gasteiger partial charge >= 0.3 is 5.63 Å². The van der Waals surface area contributed by atoms with Crippen LogP contribution in [0, 0.1) is 17.2 Å². The average Bonchev–Trinajstić information content (AvgIpc) is 2.54. The molecule has 118 valence electrons. The summed E-state index contributed by atoms with van der Waals surface area (Å²) in [5.74, 6) is 0.175. The SMILES string of the molecule is CCC[C@@H](C)[C@@H]1C(C#N)=C(N)Oc2c1c(=O)oc1ccccc21. The Bertz CT molecular complexity index is 889. The predicted octanol–water partition coefficient (Wildman–Crippen LogP) is 3.40. The first-order valence-corrected chi connectivity index (χ1v) is 7.71. The summed E-state index contributed by atoms with van der Waals surface area (Å²) in [6, 6.07) is 9.28. The zero-order chi connectivity index (χ0) is 16.6. The van der Waals surface area contributed by atoms with Gasteiger partial charge in [0.2, 0.25) is 5.88 Å². The molecule has 2 heterocycles. The number of hydrogen-bond acceptors (Lipinski definition) is 5. The van der Waals surface area contributed by atoms with Gasteiger partial charge < -0.3 is 14.9 Å². The van der Waals surface area contributed by atoms with Crippen LogP contribution in [0.1, 0.15) is 38.2 Å². The van der Waals surface area contributed by atoms with Gasteiger partial charge in [-0.05, 0) is 18.1 Å². The van der Waals surface area contributed by atoms with Crippen molar-refractivity contribution < 1.29 is 9.15 Å². The Morgan fingerprint density at radius 2 is 2.13 bits per heavy atom. The van der Waals surface area contributed by atoms with Gasteiger partial charge in [-0.3, -0.25) is 0 Å². The smallest absolute Gasteiger partial charge is 0.343 e. The van der Waals surface area contributed by atoms with Crippen LogP contribution in [0.2, 0.25) is 0 Å². The summed E-state index contributed by atoms with van der Waals surface area (Å²) in [6.07, 6.45) is 1.82. The summed E-state index contributed by atoms with van der Waals surface area (Å²) >= 11 is 0. The fourth-order valence-corrected chi connectivity index (χ4v) is 3.29. The van der Waals surface area contributed by atoms with E-state index in [9.17, 15) is 10.1 Å². The van der Waals surface area contributed by atoms with E-state index in [0.717, 1.165) is 12.8 Å². The second-order valence-electron chi connectivity index (χ2n) is 5.86. The maximum absolute atomic E-state index is 12.5. The van der Waals surface area contributed by atoms with Gasteiger partial charge in [-0.15, -0.1) is 0 Å². The Hall–Kier alpha value is -2.74. The van der Waals surface area contributed by atoms with E-state index in [-0.39, 0.29) is 11.8 Å². The molecule has 23 heavy (non-hydrogen) atoms. The fraction of sp³-hybridized carbons (Fsp3) is 0.333. The molecule has 0 fully saturated rings. The molecular formula is C18H18N2O3. The van der Waals surface area contributed by atoms with E-state index in [0.29, 0.717) is 27.9 Å². The van der Waals surface area contributed by atoms with E-state index >= 15 is 0 Å². The van der Waals surface area contributed by atoms with Gasteiger partial charge in [-0.2, -0.15) is 5.26 Å². The molecule has 2 aromatic rings. The number of nitrogens with zero attached hydrogens (tertiary/aromatic N) is 1. The van der Waals surface area contributed by atoms with Crippen molar-refractivity contribution in [2.75, 3.05) is 0 Å². The summed E-state index contributed by atoms with van der Waals surface area (Å²) in [5.41, 5.74) is 6.66. The monoisotopic (exact) mass is 310 g/mol. The Labute approximate surface area is 134 Å². The number of nitrogens with two attached hydrogens (primary N) is 1. The Balaban J connectivity index is 2.32. The molecule has 2 N–H and O–H groups in total. The lowest BCUT2D eigenvalue weighted by Crippen LogP contribution is -2.29. The lowest BCUT2D eigenvalue weighted by molar-refractivity contribution is 0.351. The van der Waals surface area contributed by atoms with Gasteiger partial charge in [0, 0.05) is 5.92 Å². The normalized spacial score (nSPS) is 18.2. The topological polar surface area (TPSA) is 89.3 Å². The highest BCUT2D eigenvalue weighted by Crippen LogP contribution is 2.44. The van der Waals surface area contributed by atoms with Crippen molar-refractivity contribution in [3.63, 3.8) is 0 Å². The average molecular weight is 310 g/mol. The molecule has 3 rings (SSSR count). The van der Waals surface area contributed by atoms with Crippen LogP contribution in [0.25, 0.3) is 11.0 Å². The van der Waals surface area contributed by atoms with Gasteiger partial charge in [0.15, 0.2) is 5.75 Å². The molecule has 1 aliphatic heterocycles. The van der Waals surface area contributed by atoms with E-state index in [1.54, 1.807) is 12.1 Å². The largest absolute Gasteiger partial charge is 0.439 e. The molecule has 0 saturated heterocycles. The molecular weight excluding hydrogens is 292 g/mol. The van der Waals surface area contributed by atoms with Gasteiger partial charge in [0.25, 0.3) is 0 Å². The highest BCUT2D eigenvalue weighted by atomic mass is 16.5. The Morgan fingerprint density at radius 3 is 2.83 bits per heavy atom. The van der Waals surface area contributed by atoms with Crippen LogP contribution >= 0.6 is 0 Å². The minimum Gasteiger partial charge on any atom is -0.439 e. The van der Waals surface area contributed by atoms with Crippen molar-refractivity contribution in [1.82, 2.24) is 0 Å². The molecule has 0 spiro atoms. The van der Waals surface area contributed by atoms with Gasteiger partial charge in [0.05, 0.1) is 16.5 Å². The molecule has 0 aliphatic carbocycles. The molecule has 0 unspecified atom stereocenters. The standard InChI is InChI=1S/C18H18N2O3/c1-3-6-10(2)14-12(9-19)17(20)23-16-11-7-4-5-8-13(11)22-18(21)15(14)16/h4-5,7-8,10,14H,3,6,20H2,1-2H3/t10-,14-/m1/s1. The molecule has 0 bridgehead atoms. The summed E-state index contributed by atoms with van der Waals surface area (Å²) in [5, 5.41) is 10.2. The second-order valence-corrected chi connectivity index (χ2v) is 5.86. The molecule has 0 amide bonds. The number of allylic oxidation sites excluding steroid dienone is 1. The fourth-order valence-electron chi connectivity index (χ4n) is 3.29. The molecule has 0 radical (unpaired) electrons. The lowest BCUT2D eigenvalue weighted by Gasteiger charge is -2.29. The molecule has 5 heteroatoms. The van der Waals surface area contributed by atoms with Crippen molar-refractivity contribution in [3.8, 4) is 11.8 Å². The van der Waals surface area contributed by atoms with E-state index < -0.39 is 11.5 Å². The molecule has 1 aromatic carbocycles. The van der Waals surface area contributed by atoms with Crippen molar-refractivity contribution in [3.05, 3.63) is 51.7 Å². The lowest BCUT2D eigenvalue weighted by atomic mass is 9.78. The van der Waals surface area contributed by atoms with E-state index in [4.69, 9.17) is 14.9 Å². The number of nitriles is 1. The van der Waals surface area contributed by atoms with Gasteiger partial charge in [0.1, 0.15) is 11.7 Å². The molecule has 0 saturated carbocycles. The molecule has 1 aliphatic rings. The van der Waals surface area contributed by atoms with Crippen molar-refractivity contribution in [2.24, 2.45) is 11.7 Å². The zero-order valence-electron chi connectivity index (χ0n) is 13.1. The maximum Gasteiger partial charge on any atom is 0.343 e. The predicted molar refractivity (Wildman–Crippen MR) is 86.8 cm³/mol. The Morgan fingerprint density at radius 1 is 1.39 bits per heavy atom. The summed E-state index contributed by atoms with van der Waals surface area (Å²) in [4.78, 5) is 12.5. The highest BCUT2D eigenvalue weighted by Gasteiger charge is 2.37. The first-order valence-electron chi connectivity index (χ1n) is 7.71. The van der Waals surface area contributed by atoms with Crippen LogP contribution < -0.4 is 16.1 Å². The number of para-hydroxylation sites is 1. The Kier molecular flexibility index (Phi) is 3.83. The zero-order valence-corrected chi connectivity index (χ0v) is 13.1. The minimum absolute atomic E-state index is 0.0729. The molecule has 5 nitrogen and oxygen atoms in total. The van der Waals surface area contributed by atoms with Gasteiger partial charge in [-0.25, -0.2) is 4.79 Å². The maximum atomic E-state index is 12.5. The first-order chi connectivity index (χ1) is 11.1. The third-order valence-electron chi connectivity index (χ3n) is 4.33. The summed E-state index contributed by atoms with van der Waals surface area (Å²) < 4.78 is 11.1.